The smallest absolute Gasteiger partial charge is 0.146 e. The van der Waals surface area contributed by atoms with Gasteiger partial charge in [-0.3, -0.25) is 4.40 Å². The van der Waals surface area contributed by atoms with Crippen LogP contribution in [0.4, 0.5) is 0 Å². The third kappa shape index (κ3) is 4.76. The van der Waals surface area contributed by atoms with Crippen LogP contribution >= 0.6 is 0 Å². The molecule has 0 aliphatic rings. The first-order chi connectivity index (χ1) is 25.6. The lowest BCUT2D eigenvalue weighted by molar-refractivity contribution is 1.29. The number of nitrogens with zero attached hydrogens (tertiary/aromatic N) is 2. The van der Waals surface area contributed by atoms with Crippen molar-refractivity contribution < 1.29 is 0 Å². The van der Waals surface area contributed by atoms with Crippen LogP contribution in [0.5, 0.6) is 0 Å². The molecule has 0 atom stereocenters. The van der Waals surface area contributed by atoms with Crippen molar-refractivity contribution in [3.8, 4) is 33.4 Å². The lowest BCUT2D eigenvalue weighted by atomic mass is 9.85. The summed E-state index contributed by atoms with van der Waals surface area (Å²) in [6.45, 7) is 14.5. The summed E-state index contributed by atoms with van der Waals surface area (Å²) in [6.07, 6.45) is 10.0. The summed E-state index contributed by atoms with van der Waals surface area (Å²) in [5.74, 6) is 0. The summed E-state index contributed by atoms with van der Waals surface area (Å²) in [5, 5.41) is 6.06. The topological polar surface area (TPSA) is 17.3 Å². The number of pyridine rings is 1. The van der Waals surface area contributed by atoms with Crippen LogP contribution in [0.15, 0.2) is 159 Å². The largest absolute Gasteiger partial charge is 0.292 e. The van der Waals surface area contributed by atoms with Crippen LogP contribution in [0.25, 0.3) is 107 Å². The monoisotopic (exact) mass is 664 g/mol. The second kappa shape index (κ2) is 12.5. The fraction of sp³-hybridized carbons (Fsp3) is 0.0200. The van der Waals surface area contributed by atoms with E-state index in [-0.39, 0.29) is 0 Å². The molecule has 0 N–H and O–H groups in total. The molecule has 0 bridgehead atoms. The van der Waals surface area contributed by atoms with Crippen LogP contribution in [0.3, 0.4) is 0 Å². The van der Waals surface area contributed by atoms with E-state index in [9.17, 15) is 0 Å². The van der Waals surface area contributed by atoms with Gasteiger partial charge in [-0.1, -0.05) is 153 Å². The summed E-state index contributed by atoms with van der Waals surface area (Å²) in [6, 6.07) is 48.4. The Morgan fingerprint density at radius 2 is 1.06 bits per heavy atom. The SMILES string of the molecule is C=Cc1ccc(-c2c3ccccc3c(-c3ccc(-c4ccc5c(c4)c(C=C)c(C=C)c4nc6ccccc6n45)cc3)c3ccccc23)cc1/C=C\C. The zero-order valence-corrected chi connectivity index (χ0v) is 29.1. The van der Waals surface area contributed by atoms with E-state index in [1.807, 2.05) is 24.3 Å². The van der Waals surface area contributed by atoms with Gasteiger partial charge in [0.15, 0.2) is 0 Å². The molecule has 7 aromatic carbocycles. The van der Waals surface area contributed by atoms with E-state index in [1.54, 1.807) is 0 Å². The molecule has 2 nitrogen and oxygen atoms in total. The van der Waals surface area contributed by atoms with Gasteiger partial charge in [-0.05, 0) is 109 Å². The minimum Gasteiger partial charge on any atom is -0.292 e. The summed E-state index contributed by atoms with van der Waals surface area (Å²) in [4.78, 5) is 4.99. The van der Waals surface area contributed by atoms with Gasteiger partial charge in [0, 0.05) is 10.9 Å². The number of benzene rings is 7. The zero-order valence-electron chi connectivity index (χ0n) is 29.1. The van der Waals surface area contributed by atoms with E-state index in [0.29, 0.717) is 0 Å². The van der Waals surface area contributed by atoms with Crippen LogP contribution in [0.1, 0.15) is 29.2 Å². The number of hydrogen-bond donors (Lipinski definition) is 0. The van der Waals surface area contributed by atoms with E-state index in [1.165, 1.54) is 49.4 Å². The number of allylic oxidation sites excluding steroid dienone is 1. The van der Waals surface area contributed by atoms with Crippen LogP contribution in [0.2, 0.25) is 0 Å². The summed E-state index contributed by atoms with van der Waals surface area (Å²) in [7, 11) is 0. The quantitative estimate of drug-likeness (QED) is 0.155. The molecule has 52 heavy (non-hydrogen) atoms. The highest BCUT2D eigenvalue weighted by atomic mass is 15.0. The van der Waals surface area contributed by atoms with Crippen molar-refractivity contribution in [2.75, 3.05) is 0 Å². The number of hydrogen-bond acceptors (Lipinski definition) is 1. The van der Waals surface area contributed by atoms with E-state index < -0.39 is 0 Å². The minimum absolute atomic E-state index is 0.896. The van der Waals surface area contributed by atoms with E-state index in [4.69, 9.17) is 4.98 Å². The maximum absolute atomic E-state index is 4.99. The molecular weight excluding hydrogens is 629 g/mol. The Kier molecular flexibility index (Phi) is 7.52. The van der Waals surface area contributed by atoms with E-state index >= 15 is 0 Å². The number of aromatic nitrogens is 2. The van der Waals surface area contributed by atoms with Crippen molar-refractivity contribution in [3.05, 3.63) is 182 Å². The first kappa shape index (κ1) is 31.2. The fourth-order valence-corrected chi connectivity index (χ4v) is 8.08. The third-order valence-electron chi connectivity index (χ3n) is 10.4. The first-order valence-corrected chi connectivity index (χ1v) is 17.7. The maximum atomic E-state index is 4.99. The molecule has 0 spiro atoms. The van der Waals surface area contributed by atoms with Gasteiger partial charge in [-0.15, -0.1) is 0 Å². The molecule has 0 radical (unpaired) electrons. The van der Waals surface area contributed by atoms with Gasteiger partial charge in [0.25, 0.3) is 0 Å². The molecule has 0 amide bonds. The van der Waals surface area contributed by atoms with Gasteiger partial charge in [0.2, 0.25) is 0 Å². The van der Waals surface area contributed by atoms with Gasteiger partial charge in [0.1, 0.15) is 5.65 Å². The summed E-state index contributed by atoms with van der Waals surface area (Å²) >= 11 is 0. The number of para-hydroxylation sites is 2. The highest BCUT2D eigenvalue weighted by Gasteiger charge is 2.19. The predicted octanol–water partition coefficient (Wildman–Crippen LogP) is 13.9. The molecule has 0 aliphatic heterocycles. The summed E-state index contributed by atoms with van der Waals surface area (Å²) in [5.41, 5.74) is 15.5. The number of imidazole rings is 1. The molecule has 0 aliphatic carbocycles. The molecule has 0 saturated heterocycles. The molecule has 2 aromatic heterocycles. The molecule has 2 heteroatoms. The van der Waals surface area contributed by atoms with Crippen molar-refractivity contribution >= 4 is 73.4 Å². The Labute approximate surface area is 303 Å². The normalized spacial score (nSPS) is 11.7. The van der Waals surface area contributed by atoms with Crippen LogP contribution in [-0.4, -0.2) is 9.38 Å². The highest BCUT2D eigenvalue weighted by Crippen LogP contribution is 2.44. The molecule has 9 rings (SSSR count). The standard InChI is InChI=1S/C50H36N2/c1-5-15-35-30-37(27-22-32(35)6-2)49-42-18-11-9-16-40(42)48(41-17-10-12-19-43(41)49)34-25-23-33(24-26-34)36-28-29-46-44(31-36)38(7-3)39(8-4)50-51-45-20-13-14-21-47(45)52(46)50/h5-31H,2-4H2,1H3/b15-5-. The van der Waals surface area contributed by atoms with E-state index in [2.05, 4.69) is 171 Å². The third-order valence-corrected chi connectivity index (χ3v) is 10.4. The Balaban J connectivity index is 1.21. The Bertz CT molecular complexity index is 2900. The second-order valence-corrected chi connectivity index (χ2v) is 13.2. The molecule has 0 unspecified atom stereocenters. The molecule has 9 aromatic rings. The lowest BCUT2D eigenvalue weighted by Crippen LogP contribution is -1.96. The van der Waals surface area contributed by atoms with Crippen molar-refractivity contribution in [3.63, 3.8) is 0 Å². The number of fused-ring (bicyclic) bond motifs is 7. The van der Waals surface area contributed by atoms with Gasteiger partial charge in [-0.25, -0.2) is 4.98 Å². The fourth-order valence-electron chi connectivity index (χ4n) is 8.08. The van der Waals surface area contributed by atoms with Gasteiger partial charge >= 0.3 is 0 Å². The zero-order chi connectivity index (χ0) is 35.3. The average Bonchev–Trinajstić information content (AvgIpc) is 3.59. The average molecular weight is 665 g/mol. The van der Waals surface area contributed by atoms with Crippen molar-refractivity contribution in [1.82, 2.24) is 9.38 Å². The van der Waals surface area contributed by atoms with Crippen molar-refractivity contribution in [2.45, 2.75) is 6.92 Å². The molecule has 246 valence electrons. The molecular formula is C50H36N2. The van der Waals surface area contributed by atoms with Gasteiger partial charge < -0.3 is 0 Å². The molecule has 2 heterocycles. The molecule has 0 fully saturated rings. The Morgan fingerprint density at radius 1 is 0.481 bits per heavy atom. The number of rotatable bonds is 7. The highest BCUT2D eigenvalue weighted by molar-refractivity contribution is 6.21. The maximum Gasteiger partial charge on any atom is 0.146 e. The Hall–Kier alpha value is -6.77. The van der Waals surface area contributed by atoms with Crippen LogP contribution < -0.4 is 0 Å². The predicted molar refractivity (Wildman–Crippen MR) is 227 cm³/mol. The van der Waals surface area contributed by atoms with Crippen LogP contribution in [-0.2, 0) is 0 Å². The van der Waals surface area contributed by atoms with E-state index in [0.717, 1.165) is 55.4 Å². The minimum atomic E-state index is 0.896. The van der Waals surface area contributed by atoms with Crippen molar-refractivity contribution in [1.29, 1.82) is 0 Å². The van der Waals surface area contributed by atoms with Crippen LogP contribution in [0, 0.1) is 0 Å². The van der Waals surface area contributed by atoms with Crippen molar-refractivity contribution in [2.24, 2.45) is 0 Å². The van der Waals surface area contributed by atoms with Gasteiger partial charge in [-0.2, -0.15) is 0 Å². The Morgan fingerprint density at radius 3 is 1.69 bits per heavy atom. The second-order valence-electron chi connectivity index (χ2n) is 13.2. The molecule has 0 saturated carbocycles. The summed E-state index contributed by atoms with van der Waals surface area (Å²) < 4.78 is 2.25. The van der Waals surface area contributed by atoms with Gasteiger partial charge in [0.05, 0.1) is 16.6 Å². The first-order valence-electron chi connectivity index (χ1n) is 17.7. The lowest BCUT2D eigenvalue weighted by Gasteiger charge is -2.18.